The van der Waals surface area contributed by atoms with Crippen molar-refractivity contribution in [2.45, 2.75) is 20.5 Å². The van der Waals surface area contributed by atoms with Gasteiger partial charge in [0, 0.05) is 30.1 Å². The fraction of sp³-hybridized carbons (Fsp3) is 0.273. The summed E-state index contributed by atoms with van der Waals surface area (Å²) in [4.78, 5) is 18.4. The number of aromatic nitrogens is 1. The number of methoxy groups -OCH3 is 1. The standard InChI is InChI=1S/C22H23FN2O3S/c1-4-25(5-2)22(26)20-14-29-21(24-20)18-10-9-17(12-19(18)23)28-13-15-7-6-8-16(11-15)27-3/h6-12,14H,4-5,13H2,1-3H3. The molecule has 0 saturated carbocycles. The summed E-state index contributed by atoms with van der Waals surface area (Å²) in [6.07, 6.45) is 0. The third-order valence-corrected chi connectivity index (χ3v) is 5.36. The first-order valence-electron chi connectivity index (χ1n) is 9.36. The van der Waals surface area contributed by atoms with Gasteiger partial charge in [-0.2, -0.15) is 0 Å². The Morgan fingerprint density at radius 1 is 1.14 bits per heavy atom. The van der Waals surface area contributed by atoms with Gasteiger partial charge in [-0.25, -0.2) is 9.37 Å². The van der Waals surface area contributed by atoms with Gasteiger partial charge in [0.15, 0.2) is 0 Å². The fourth-order valence-corrected chi connectivity index (χ4v) is 3.68. The molecule has 1 heterocycles. The number of hydrogen-bond donors (Lipinski definition) is 0. The highest BCUT2D eigenvalue weighted by molar-refractivity contribution is 7.13. The molecule has 0 fully saturated rings. The minimum atomic E-state index is -0.440. The van der Waals surface area contributed by atoms with Crippen molar-refractivity contribution >= 4 is 17.2 Å². The SMILES string of the molecule is CCN(CC)C(=O)c1csc(-c2ccc(OCc3cccc(OC)c3)cc2F)n1. The van der Waals surface area contributed by atoms with E-state index in [1.165, 1.54) is 17.4 Å². The average Bonchev–Trinajstić information content (AvgIpc) is 3.23. The number of carbonyl (C=O) groups is 1. The molecule has 152 valence electrons. The third kappa shape index (κ3) is 4.92. The molecular weight excluding hydrogens is 391 g/mol. The Morgan fingerprint density at radius 3 is 2.62 bits per heavy atom. The molecule has 0 aliphatic heterocycles. The molecular formula is C22H23FN2O3S. The maximum atomic E-state index is 14.7. The van der Waals surface area contributed by atoms with Crippen molar-refractivity contribution in [3.05, 3.63) is 64.9 Å². The number of halogens is 1. The highest BCUT2D eigenvalue weighted by atomic mass is 32.1. The molecule has 0 N–H and O–H groups in total. The van der Waals surface area contributed by atoms with Gasteiger partial charge >= 0.3 is 0 Å². The van der Waals surface area contributed by atoms with E-state index in [1.54, 1.807) is 29.5 Å². The summed E-state index contributed by atoms with van der Waals surface area (Å²) in [6, 6.07) is 12.2. The molecule has 0 radical (unpaired) electrons. The third-order valence-electron chi connectivity index (χ3n) is 4.48. The molecule has 0 aliphatic carbocycles. The van der Waals surface area contributed by atoms with E-state index < -0.39 is 5.82 Å². The molecule has 0 unspecified atom stereocenters. The van der Waals surface area contributed by atoms with Crippen LogP contribution in [0.5, 0.6) is 11.5 Å². The zero-order valence-corrected chi connectivity index (χ0v) is 17.5. The number of ether oxygens (including phenoxy) is 2. The van der Waals surface area contributed by atoms with Gasteiger partial charge in [0.1, 0.15) is 34.6 Å². The van der Waals surface area contributed by atoms with Crippen LogP contribution in [0.4, 0.5) is 4.39 Å². The van der Waals surface area contributed by atoms with Gasteiger partial charge in [0.05, 0.1) is 7.11 Å². The summed E-state index contributed by atoms with van der Waals surface area (Å²) >= 11 is 1.25. The van der Waals surface area contributed by atoms with Crippen LogP contribution >= 0.6 is 11.3 Å². The molecule has 3 rings (SSSR count). The van der Waals surface area contributed by atoms with Gasteiger partial charge in [0.25, 0.3) is 5.91 Å². The van der Waals surface area contributed by atoms with Gasteiger partial charge in [-0.05, 0) is 43.7 Å². The van der Waals surface area contributed by atoms with Gasteiger partial charge < -0.3 is 14.4 Å². The van der Waals surface area contributed by atoms with E-state index in [0.717, 1.165) is 11.3 Å². The minimum Gasteiger partial charge on any atom is -0.497 e. The quantitative estimate of drug-likeness (QED) is 0.519. The molecule has 0 bridgehead atoms. The van der Waals surface area contributed by atoms with Crippen molar-refractivity contribution in [2.75, 3.05) is 20.2 Å². The van der Waals surface area contributed by atoms with E-state index >= 15 is 0 Å². The highest BCUT2D eigenvalue weighted by Crippen LogP contribution is 2.29. The summed E-state index contributed by atoms with van der Waals surface area (Å²) in [6.45, 7) is 5.35. The number of nitrogens with zero attached hydrogens (tertiary/aromatic N) is 2. The van der Waals surface area contributed by atoms with Crippen molar-refractivity contribution in [3.63, 3.8) is 0 Å². The lowest BCUT2D eigenvalue weighted by Gasteiger charge is -2.16. The lowest BCUT2D eigenvalue weighted by molar-refractivity contribution is 0.0768. The Morgan fingerprint density at radius 2 is 1.93 bits per heavy atom. The van der Waals surface area contributed by atoms with Crippen molar-refractivity contribution in [2.24, 2.45) is 0 Å². The molecule has 2 aromatic carbocycles. The highest BCUT2D eigenvalue weighted by Gasteiger charge is 2.18. The second-order valence-electron chi connectivity index (χ2n) is 6.30. The predicted molar refractivity (Wildman–Crippen MR) is 112 cm³/mol. The van der Waals surface area contributed by atoms with Crippen LogP contribution in [0.2, 0.25) is 0 Å². The summed E-state index contributed by atoms with van der Waals surface area (Å²) in [5.74, 6) is 0.581. The van der Waals surface area contributed by atoms with E-state index in [2.05, 4.69) is 4.98 Å². The van der Waals surface area contributed by atoms with Crippen molar-refractivity contribution in [3.8, 4) is 22.1 Å². The largest absolute Gasteiger partial charge is 0.497 e. The Labute approximate surface area is 173 Å². The molecule has 3 aromatic rings. The minimum absolute atomic E-state index is 0.142. The molecule has 1 aromatic heterocycles. The Bertz CT molecular complexity index is 986. The Hall–Kier alpha value is -2.93. The van der Waals surface area contributed by atoms with Gasteiger partial charge in [-0.15, -0.1) is 11.3 Å². The van der Waals surface area contributed by atoms with Crippen molar-refractivity contribution in [1.29, 1.82) is 0 Å². The maximum Gasteiger partial charge on any atom is 0.273 e. The molecule has 29 heavy (non-hydrogen) atoms. The number of benzene rings is 2. The molecule has 7 heteroatoms. The Kier molecular flexibility index (Phi) is 6.82. The number of thiazole rings is 1. The van der Waals surface area contributed by atoms with Gasteiger partial charge in [0.2, 0.25) is 0 Å². The number of rotatable bonds is 8. The van der Waals surface area contributed by atoms with E-state index in [9.17, 15) is 9.18 Å². The monoisotopic (exact) mass is 414 g/mol. The molecule has 1 amide bonds. The Balaban J connectivity index is 1.72. The summed E-state index contributed by atoms with van der Waals surface area (Å²) in [7, 11) is 1.60. The maximum absolute atomic E-state index is 14.7. The second-order valence-corrected chi connectivity index (χ2v) is 7.16. The van der Waals surface area contributed by atoms with Crippen LogP contribution in [0.3, 0.4) is 0 Å². The molecule has 0 atom stereocenters. The van der Waals surface area contributed by atoms with Crippen LogP contribution in [0.15, 0.2) is 47.8 Å². The zero-order valence-electron chi connectivity index (χ0n) is 16.6. The van der Waals surface area contributed by atoms with E-state index in [1.807, 2.05) is 38.1 Å². The first-order valence-corrected chi connectivity index (χ1v) is 10.2. The van der Waals surface area contributed by atoms with Crippen molar-refractivity contribution < 1.29 is 18.7 Å². The normalized spacial score (nSPS) is 10.6. The van der Waals surface area contributed by atoms with Crippen LogP contribution in [0, 0.1) is 5.82 Å². The van der Waals surface area contributed by atoms with E-state index in [0.29, 0.717) is 41.7 Å². The zero-order chi connectivity index (χ0) is 20.8. The summed E-state index contributed by atoms with van der Waals surface area (Å²) < 4.78 is 25.5. The predicted octanol–water partition coefficient (Wildman–Crippen LogP) is 5.02. The molecule has 0 saturated heterocycles. The van der Waals surface area contributed by atoms with Crippen LogP contribution in [-0.4, -0.2) is 36.0 Å². The van der Waals surface area contributed by atoms with Crippen molar-refractivity contribution in [1.82, 2.24) is 9.88 Å². The summed E-state index contributed by atoms with van der Waals surface area (Å²) in [5, 5.41) is 2.14. The summed E-state index contributed by atoms with van der Waals surface area (Å²) in [5.41, 5.74) is 1.61. The lowest BCUT2D eigenvalue weighted by atomic mass is 10.2. The first-order chi connectivity index (χ1) is 14.0. The number of carbonyl (C=O) groups excluding carboxylic acids is 1. The topological polar surface area (TPSA) is 51.7 Å². The van der Waals surface area contributed by atoms with Crippen LogP contribution in [0.25, 0.3) is 10.6 Å². The van der Waals surface area contributed by atoms with Crippen LogP contribution in [0.1, 0.15) is 29.9 Å². The molecule has 0 spiro atoms. The molecule has 0 aliphatic rings. The van der Waals surface area contributed by atoms with Crippen LogP contribution in [-0.2, 0) is 6.61 Å². The lowest BCUT2D eigenvalue weighted by Crippen LogP contribution is -2.30. The second kappa shape index (κ2) is 9.52. The average molecular weight is 415 g/mol. The number of amides is 1. The fourth-order valence-electron chi connectivity index (χ4n) is 2.86. The first kappa shape index (κ1) is 20.8. The number of hydrogen-bond acceptors (Lipinski definition) is 5. The smallest absolute Gasteiger partial charge is 0.273 e. The van der Waals surface area contributed by atoms with E-state index in [4.69, 9.17) is 9.47 Å². The molecule has 5 nitrogen and oxygen atoms in total. The van der Waals surface area contributed by atoms with Gasteiger partial charge in [-0.3, -0.25) is 4.79 Å². The van der Waals surface area contributed by atoms with Gasteiger partial charge in [-0.1, -0.05) is 12.1 Å². The van der Waals surface area contributed by atoms with E-state index in [-0.39, 0.29) is 5.91 Å². The van der Waals surface area contributed by atoms with Crippen LogP contribution < -0.4 is 9.47 Å².